The van der Waals surface area contributed by atoms with Crippen LogP contribution < -0.4 is 10.2 Å². The van der Waals surface area contributed by atoms with Crippen molar-refractivity contribution in [2.75, 3.05) is 31.1 Å². The SMILES string of the molecule is CCc1nsc(N2CCN(C(=O)C3CC4CCCCC4N3)CC2)n1.Cl.Cl. The molecular weight excluding hydrogens is 393 g/mol. The second-order valence-corrected chi connectivity index (χ2v) is 8.00. The lowest BCUT2D eigenvalue weighted by molar-refractivity contribution is -0.133. The van der Waals surface area contributed by atoms with Gasteiger partial charge in [-0.05, 0) is 25.2 Å². The molecule has 0 aromatic carbocycles. The van der Waals surface area contributed by atoms with E-state index in [1.54, 1.807) is 0 Å². The third-order valence-electron chi connectivity index (χ3n) is 5.80. The molecule has 3 aliphatic rings. The number of amides is 1. The van der Waals surface area contributed by atoms with Crippen LogP contribution in [0.25, 0.3) is 0 Å². The second kappa shape index (κ2) is 9.53. The van der Waals surface area contributed by atoms with Gasteiger partial charge in [0.2, 0.25) is 11.0 Å². The predicted molar refractivity (Wildman–Crippen MR) is 110 cm³/mol. The first kappa shape index (κ1) is 21.7. The normalized spacial score (nSPS) is 28.1. The van der Waals surface area contributed by atoms with Crippen molar-refractivity contribution < 1.29 is 4.79 Å². The molecule has 1 saturated carbocycles. The number of fused-ring (bicyclic) bond motifs is 1. The van der Waals surface area contributed by atoms with Crippen molar-refractivity contribution in [2.24, 2.45) is 5.92 Å². The van der Waals surface area contributed by atoms with Gasteiger partial charge in [0.1, 0.15) is 5.82 Å². The van der Waals surface area contributed by atoms with Crippen molar-refractivity contribution in [3.63, 3.8) is 0 Å². The number of hydrogen-bond donors (Lipinski definition) is 1. The molecule has 1 N–H and O–H groups in total. The van der Waals surface area contributed by atoms with Crippen LogP contribution in [0.4, 0.5) is 5.13 Å². The van der Waals surface area contributed by atoms with E-state index in [4.69, 9.17) is 0 Å². The zero-order chi connectivity index (χ0) is 16.5. The fourth-order valence-electron chi connectivity index (χ4n) is 4.37. The summed E-state index contributed by atoms with van der Waals surface area (Å²) >= 11 is 1.48. The Morgan fingerprint density at radius 2 is 1.92 bits per heavy atom. The summed E-state index contributed by atoms with van der Waals surface area (Å²) in [6, 6.07) is 0.640. The molecule has 3 heterocycles. The highest BCUT2D eigenvalue weighted by Gasteiger charge is 2.40. The molecule has 2 aliphatic heterocycles. The van der Waals surface area contributed by atoms with Crippen LogP contribution in [0.2, 0.25) is 0 Å². The maximum atomic E-state index is 12.9. The van der Waals surface area contributed by atoms with Crippen molar-refractivity contribution in [1.29, 1.82) is 0 Å². The number of aryl methyl sites for hydroxylation is 1. The Morgan fingerprint density at radius 1 is 1.19 bits per heavy atom. The molecular formula is C17H29Cl2N5OS. The summed E-state index contributed by atoms with van der Waals surface area (Å²) in [6.45, 7) is 5.41. The first-order valence-electron chi connectivity index (χ1n) is 9.37. The van der Waals surface area contributed by atoms with Gasteiger partial charge in [-0.2, -0.15) is 4.37 Å². The van der Waals surface area contributed by atoms with Crippen molar-refractivity contribution in [2.45, 2.75) is 57.5 Å². The first-order chi connectivity index (χ1) is 11.7. The lowest BCUT2D eigenvalue weighted by atomic mass is 9.85. The zero-order valence-electron chi connectivity index (χ0n) is 15.2. The van der Waals surface area contributed by atoms with E-state index >= 15 is 0 Å². The van der Waals surface area contributed by atoms with Crippen molar-refractivity contribution >= 4 is 47.4 Å². The van der Waals surface area contributed by atoms with Crippen LogP contribution in [0, 0.1) is 5.92 Å². The van der Waals surface area contributed by atoms with E-state index in [0.29, 0.717) is 11.9 Å². The van der Waals surface area contributed by atoms with E-state index in [0.717, 1.165) is 55.9 Å². The Morgan fingerprint density at radius 3 is 2.58 bits per heavy atom. The van der Waals surface area contributed by atoms with Gasteiger partial charge in [-0.25, -0.2) is 4.98 Å². The molecule has 3 fully saturated rings. The van der Waals surface area contributed by atoms with Crippen LogP contribution in [0.5, 0.6) is 0 Å². The quantitative estimate of drug-likeness (QED) is 0.811. The number of hydrogen-bond acceptors (Lipinski definition) is 6. The molecule has 4 rings (SSSR count). The van der Waals surface area contributed by atoms with Crippen LogP contribution in [0.3, 0.4) is 0 Å². The van der Waals surface area contributed by atoms with Crippen molar-refractivity contribution in [3.05, 3.63) is 5.82 Å². The molecule has 148 valence electrons. The number of anilines is 1. The number of nitrogens with zero attached hydrogens (tertiary/aromatic N) is 4. The molecule has 1 aliphatic carbocycles. The first-order valence-corrected chi connectivity index (χ1v) is 10.1. The Kier molecular flexibility index (Phi) is 7.94. The number of halogens is 2. The summed E-state index contributed by atoms with van der Waals surface area (Å²) in [5.41, 5.74) is 0. The Bertz CT molecular complexity index is 579. The summed E-state index contributed by atoms with van der Waals surface area (Å²) in [6.07, 6.45) is 7.12. The van der Waals surface area contributed by atoms with Gasteiger partial charge in [0.15, 0.2) is 0 Å². The third kappa shape index (κ3) is 4.43. The van der Waals surface area contributed by atoms with Crippen LogP contribution >= 0.6 is 36.3 Å². The molecule has 3 unspecified atom stereocenters. The molecule has 26 heavy (non-hydrogen) atoms. The van der Waals surface area contributed by atoms with E-state index < -0.39 is 0 Å². The van der Waals surface area contributed by atoms with Gasteiger partial charge in [0.25, 0.3) is 0 Å². The van der Waals surface area contributed by atoms with Crippen LogP contribution in [0.15, 0.2) is 0 Å². The van der Waals surface area contributed by atoms with E-state index in [-0.39, 0.29) is 30.9 Å². The fraction of sp³-hybridized carbons (Fsp3) is 0.824. The van der Waals surface area contributed by atoms with Gasteiger partial charge in [-0.3, -0.25) is 4.79 Å². The zero-order valence-corrected chi connectivity index (χ0v) is 17.7. The van der Waals surface area contributed by atoms with Gasteiger partial charge in [0, 0.05) is 50.2 Å². The molecule has 9 heteroatoms. The average molecular weight is 422 g/mol. The van der Waals surface area contributed by atoms with E-state index in [2.05, 4.69) is 26.5 Å². The van der Waals surface area contributed by atoms with Crippen LogP contribution in [-0.4, -0.2) is 58.4 Å². The number of rotatable bonds is 3. The summed E-state index contributed by atoms with van der Waals surface area (Å²) in [7, 11) is 0. The van der Waals surface area contributed by atoms with Crippen molar-refractivity contribution in [3.8, 4) is 0 Å². The standard InChI is InChI=1S/C17H27N5OS.2ClH/c1-2-15-19-17(24-20-15)22-9-7-21(8-10-22)16(23)14-11-12-5-3-4-6-13(12)18-14;;/h12-14,18H,2-11H2,1H3;2*1H. The smallest absolute Gasteiger partial charge is 0.239 e. The maximum absolute atomic E-state index is 12.9. The minimum atomic E-state index is 0. The highest BCUT2D eigenvalue weighted by molar-refractivity contribution is 7.09. The summed E-state index contributed by atoms with van der Waals surface area (Å²) < 4.78 is 4.37. The average Bonchev–Trinajstić information content (AvgIpc) is 3.28. The lowest BCUT2D eigenvalue weighted by Crippen LogP contribution is -2.53. The van der Waals surface area contributed by atoms with Crippen LogP contribution in [0.1, 0.15) is 44.9 Å². The minimum absolute atomic E-state index is 0. The molecule has 0 spiro atoms. The number of carbonyl (C=O) groups is 1. The van der Waals surface area contributed by atoms with Gasteiger partial charge in [-0.1, -0.05) is 19.8 Å². The number of nitrogens with one attached hydrogen (secondary N) is 1. The molecule has 1 aromatic heterocycles. The molecule has 1 amide bonds. The van der Waals surface area contributed by atoms with Crippen LogP contribution in [-0.2, 0) is 11.2 Å². The molecule has 0 radical (unpaired) electrons. The lowest BCUT2D eigenvalue weighted by Gasteiger charge is -2.35. The van der Waals surface area contributed by atoms with Gasteiger partial charge in [0.05, 0.1) is 6.04 Å². The van der Waals surface area contributed by atoms with Gasteiger partial charge >= 0.3 is 0 Å². The predicted octanol–water partition coefficient (Wildman–Crippen LogP) is 2.51. The highest BCUT2D eigenvalue weighted by Crippen LogP contribution is 2.33. The molecule has 6 nitrogen and oxygen atoms in total. The number of piperazine rings is 1. The van der Waals surface area contributed by atoms with E-state index in [9.17, 15) is 4.79 Å². The third-order valence-corrected chi connectivity index (χ3v) is 6.61. The largest absolute Gasteiger partial charge is 0.343 e. The van der Waals surface area contributed by atoms with Gasteiger partial charge in [-0.15, -0.1) is 24.8 Å². The number of carbonyl (C=O) groups excluding carboxylic acids is 1. The second-order valence-electron chi connectivity index (χ2n) is 7.27. The topological polar surface area (TPSA) is 61.4 Å². The van der Waals surface area contributed by atoms with Crippen molar-refractivity contribution in [1.82, 2.24) is 19.6 Å². The van der Waals surface area contributed by atoms with E-state index in [1.165, 1.54) is 37.2 Å². The molecule has 2 saturated heterocycles. The molecule has 3 atom stereocenters. The van der Waals surface area contributed by atoms with E-state index in [1.807, 2.05) is 4.90 Å². The van der Waals surface area contributed by atoms with Gasteiger partial charge < -0.3 is 15.1 Å². The monoisotopic (exact) mass is 421 g/mol. The Balaban J connectivity index is 0.00000121. The summed E-state index contributed by atoms with van der Waals surface area (Å²) in [4.78, 5) is 21.7. The molecule has 0 bridgehead atoms. The Labute approximate surface area is 172 Å². The molecule has 1 aromatic rings. The minimum Gasteiger partial charge on any atom is -0.343 e. The number of aromatic nitrogens is 2. The Hall–Kier alpha value is -0.630. The maximum Gasteiger partial charge on any atom is 0.239 e. The fourth-order valence-corrected chi connectivity index (χ4v) is 5.17. The summed E-state index contributed by atoms with van der Waals surface area (Å²) in [5, 5.41) is 4.62. The summed E-state index contributed by atoms with van der Waals surface area (Å²) in [5.74, 6) is 1.96. The highest BCUT2D eigenvalue weighted by atomic mass is 35.5.